The van der Waals surface area contributed by atoms with Crippen molar-refractivity contribution in [3.8, 4) is 0 Å². The molecule has 0 bridgehead atoms. The predicted molar refractivity (Wildman–Crippen MR) is 44.6 cm³/mol. The van der Waals surface area contributed by atoms with Crippen LogP contribution in [0.4, 0.5) is 0 Å². The SMILES string of the molecule is O=C(O)CC1CCCCC1.[Ca]. The van der Waals surface area contributed by atoms with Gasteiger partial charge in [0.25, 0.3) is 0 Å². The molecule has 1 saturated carbocycles. The Balaban J connectivity index is 0.000001000. The third kappa shape index (κ3) is 5.05. The average Bonchev–Trinajstić information content (AvgIpc) is 1.88. The van der Waals surface area contributed by atoms with Crippen LogP contribution >= 0.6 is 0 Å². The smallest absolute Gasteiger partial charge is 0.303 e. The Kier molecular flexibility index (Phi) is 6.68. The molecule has 2 radical (unpaired) electrons. The number of hydrogen-bond acceptors (Lipinski definition) is 1. The molecule has 2 nitrogen and oxygen atoms in total. The first-order chi connectivity index (χ1) is 4.79. The summed E-state index contributed by atoms with van der Waals surface area (Å²) in [5, 5.41) is 8.47. The summed E-state index contributed by atoms with van der Waals surface area (Å²) in [4.78, 5) is 10.3. The number of rotatable bonds is 2. The molecule has 0 aromatic carbocycles. The van der Waals surface area contributed by atoms with E-state index in [0.717, 1.165) is 12.8 Å². The molecule has 0 spiro atoms. The Labute approximate surface area is 97.4 Å². The van der Waals surface area contributed by atoms with Crippen LogP contribution in [0.25, 0.3) is 0 Å². The topological polar surface area (TPSA) is 37.3 Å². The Bertz CT molecular complexity index is 119. The number of carboxylic acid groups (broad SMARTS) is 1. The van der Waals surface area contributed by atoms with Crippen LogP contribution in [-0.4, -0.2) is 48.8 Å². The van der Waals surface area contributed by atoms with Crippen molar-refractivity contribution in [1.82, 2.24) is 0 Å². The van der Waals surface area contributed by atoms with Crippen LogP contribution in [0.15, 0.2) is 0 Å². The Hall–Kier alpha value is 0.730. The minimum Gasteiger partial charge on any atom is -0.481 e. The molecule has 0 saturated heterocycles. The number of carbonyl (C=O) groups is 1. The first kappa shape index (κ1) is 11.7. The molecular weight excluding hydrogens is 168 g/mol. The first-order valence-electron chi connectivity index (χ1n) is 4.01. The van der Waals surface area contributed by atoms with Gasteiger partial charge in [0, 0.05) is 44.2 Å². The van der Waals surface area contributed by atoms with E-state index in [0.29, 0.717) is 12.3 Å². The second kappa shape index (κ2) is 6.27. The maximum absolute atomic E-state index is 10.3. The quantitative estimate of drug-likeness (QED) is 0.659. The molecular formula is C8H14CaO2. The summed E-state index contributed by atoms with van der Waals surface area (Å²) < 4.78 is 0. The van der Waals surface area contributed by atoms with Crippen molar-refractivity contribution in [2.75, 3.05) is 0 Å². The van der Waals surface area contributed by atoms with E-state index in [-0.39, 0.29) is 37.7 Å². The fraction of sp³-hybridized carbons (Fsp3) is 0.875. The van der Waals surface area contributed by atoms with Gasteiger partial charge in [-0.25, -0.2) is 0 Å². The van der Waals surface area contributed by atoms with Gasteiger partial charge in [-0.05, 0) is 18.8 Å². The van der Waals surface area contributed by atoms with E-state index in [1.54, 1.807) is 0 Å². The zero-order valence-corrected chi connectivity index (χ0v) is 9.09. The first-order valence-corrected chi connectivity index (χ1v) is 4.01. The Morgan fingerprint density at radius 3 is 2.27 bits per heavy atom. The van der Waals surface area contributed by atoms with Gasteiger partial charge in [-0.2, -0.15) is 0 Å². The summed E-state index contributed by atoms with van der Waals surface area (Å²) >= 11 is 0. The average molecular weight is 182 g/mol. The number of carboxylic acids is 1. The van der Waals surface area contributed by atoms with Gasteiger partial charge >= 0.3 is 5.97 Å². The normalized spacial score (nSPS) is 18.9. The van der Waals surface area contributed by atoms with Gasteiger partial charge < -0.3 is 5.11 Å². The van der Waals surface area contributed by atoms with E-state index in [4.69, 9.17) is 5.11 Å². The van der Waals surface area contributed by atoms with Crippen molar-refractivity contribution in [3.63, 3.8) is 0 Å². The van der Waals surface area contributed by atoms with Gasteiger partial charge in [0.15, 0.2) is 0 Å². The van der Waals surface area contributed by atoms with Crippen LogP contribution < -0.4 is 0 Å². The van der Waals surface area contributed by atoms with Crippen LogP contribution in [-0.2, 0) is 4.79 Å². The summed E-state index contributed by atoms with van der Waals surface area (Å²) in [6.07, 6.45) is 6.42. The third-order valence-corrected chi connectivity index (χ3v) is 2.19. The van der Waals surface area contributed by atoms with Crippen molar-refractivity contribution >= 4 is 43.7 Å². The molecule has 1 aliphatic rings. The molecule has 0 amide bonds. The van der Waals surface area contributed by atoms with Crippen LogP contribution in [0.2, 0.25) is 0 Å². The van der Waals surface area contributed by atoms with Crippen LogP contribution in [0.1, 0.15) is 38.5 Å². The monoisotopic (exact) mass is 182 g/mol. The molecule has 0 atom stereocenters. The molecule has 1 aliphatic carbocycles. The molecule has 1 rings (SSSR count). The molecule has 0 aliphatic heterocycles. The van der Waals surface area contributed by atoms with E-state index in [9.17, 15) is 4.79 Å². The summed E-state index contributed by atoms with van der Waals surface area (Å²) in [6.45, 7) is 0. The maximum atomic E-state index is 10.3. The van der Waals surface area contributed by atoms with Crippen LogP contribution in [0, 0.1) is 5.92 Å². The standard InChI is InChI=1S/C8H14O2.Ca/c9-8(10)6-7-4-2-1-3-5-7;/h7H,1-6H2,(H,9,10);. The number of aliphatic carboxylic acids is 1. The van der Waals surface area contributed by atoms with Gasteiger partial charge in [-0.3, -0.25) is 4.79 Å². The van der Waals surface area contributed by atoms with Gasteiger partial charge in [0.2, 0.25) is 0 Å². The zero-order valence-electron chi connectivity index (χ0n) is 6.88. The van der Waals surface area contributed by atoms with E-state index in [1.165, 1.54) is 19.3 Å². The molecule has 1 fully saturated rings. The summed E-state index contributed by atoms with van der Waals surface area (Å²) in [5.41, 5.74) is 0. The van der Waals surface area contributed by atoms with Crippen molar-refractivity contribution in [1.29, 1.82) is 0 Å². The molecule has 60 valence electrons. The third-order valence-electron chi connectivity index (χ3n) is 2.19. The van der Waals surface area contributed by atoms with E-state index < -0.39 is 5.97 Å². The largest absolute Gasteiger partial charge is 0.481 e. The molecule has 0 heterocycles. The molecule has 0 aromatic heterocycles. The van der Waals surface area contributed by atoms with Gasteiger partial charge in [-0.15, -0.1) is 0 Å². The molecule has 1 N–H and O–H groups in total. The minimum atomic E-state index is -0.632. The maximum Gasteiger partial charge on any atom is 0.303 e. The molecule has 11 heavy (non-hydrogen) atoms. The summed E-state index contributed by atoms with van der Waals surface area (Å²) in [5.74, 6) is -0.154. The van der Waals surface area contributed by atoms with E-state index >= 15 is 0 Å². The van der Waals surface area contributed by atoms with E-state index in [2.05, 4.69) is 0 Å². The second-order valence-corrected chi connectivity index (χ2v) is 3.10. The molecule has 0 unspecified atom stereocenters. The van der Waals surface area contributed by atoms with Crippen LogP contribution in [0.5, 0.6) is 0 Å². The summed E-state index contributed by atoms with van der Waals surface area (Å²) in [7, 11) is 0. The van der Waals surface area contributed by atoms with Gasteiger partial charge in [0.05, 0.1) is 0 Å². The zero-order chi connectivity index (χ0) is 7.40. The predicted octanol–water partition coefficient (Wildman–Crippen LogP) is 1.66. The van der Waals surface area contributed by atoms with Gasteiger partial charge in [0.1, 0.15) is 0 Å². The Morgan fingerprint density at radius 1 is 1.27 bits per heavy atom. The van der Waals surface area contributed by atoms with Crippen molar-refractivity contribution in [2.24, 2.45) is 5.92 Å². The van der Waals surface area contributed by atoms with Crippen LogP contribution in [0.3, 0.4) is 0 Å². The Morgan fingerprint density at radius 2 is 1.82 bits per heavy atom. The fourth-order valence-corrected chi connectivity index (χ4v) is 1.64. The van der Waals surface area contributed by atoms with Crippen molar-refractivity contribution < 1.29 is 9.90 Å². The fourth-order valence-electron chi connectivity index (χ4n) is 1.64. The molecule has 0 aromatic rings. The minimum absolute atomic E-state index is 0. The summed E-state index contributed by atoms with van der Waals surface area (Å²) in [6, 6.07) is 0. The van der Waals surface area contributed by atoms with E-state index in [1.807, 2.05) is 0 Å². The number of hydrogen-bond donors (Lipinski definition) is 1. The van der Waals surface area contributed by atoms with Crippen molar-refractivity contribution in [3.05, 3.63) is 0 Å². The van der Waals surface area contributed by atoms with Gasteiger partial charge in [-0.1, -0.05) is 19.3 Å². The molecule has 3 heteroatoms. The second-order valence-electron chi connectivity index (χ2n) is 3.10. The van der Waals surface area contributed by atoms with Crippen molar-refractivity contribution in [2.45, 2.75) is 38.5 Å².